The van der Waals surface area contributed by atoms with Crippen molar-refractivity contribution < 1.29 is 13.2 Å². The number of urea groups is 1. The molecule has 0 aromatic heterocycles. The summed E-state index contributed by atoms with van der Waals surface area (Å²) in [6, 6.07) is 16.7. The van der Waals surface area contributed by atoms with Crippen molar-refractivity contribution in [3.05, 3.63) is 93.0 Å². The molecule has 3 aromatic rings. The van der Waals surface area contributed by atoms with Gasteiger partial charge in [0.1, 0.15) is 0 Å². The summed E-state index contributed by atoms with van der Waals surface area (Å²) >= 11 is 12.1. The molecule has 0 saturated heterocycles. The summed E-state index contributed by atoms with van der Waals surface area (Å²) < 4.78 is 25.8. The van der Waals surface area contributed by atoms with Crippen LogP contribution in [0.15, 0.2) is 65.6 Å². The Kier molecular flexibility index (Phi) is 7.24. The van der Waals surface area contributed by atoms with Gasteiger partial charge in [-0.2, -0.15) is 0 Å². The van der Waals surface area contributed by atoms with E-state index in [1.54, 1.807) is 30.3 Å². The molecule has 0 radical (unpaired) electrons. The number of benzene rings is 3. The van der Waals surface area contributed by atoms with Crippen LogP contribution in [0.3, 0.4) is 0 Å². The fraction of sp³-hybridized carbons (Fsp3) is 0.208. The lowest BCUT2D eigenvalue weighted by Gasteiger charge is -2.18. The van der Waals surface area contributed by atoms with Crippen LogP contribution in [0, 0.1) is 0 Å². The van der Waals surface area contributed by atoms with Crippen molar-refractivity contribution in [2.24, 2.45) is 0 Å². The summed E-state index contributed by atoms with van der Waals surface area (Å²) in [6.45, 7) is 1.92. The third kappa shape index (κ3) is 5.86. The molecule has 1 aliphatic rings. The van der Waals surface area contributed by atoms with Crippen LogP contribution in [0.5, 0.6) is 0 Å². The zero-order valence-corrected chi connectivity index (χ0v) is 20.0. The van der Waals surface area contributed by atoms with Gasteiger partial charge in [0.25, 0.3) is 0 Å². The normalized spacial score (nSPS) is 13.3. The summed E-state index contributed by atoms with van der Waals surface area (Å²) in [5.74, 6) is -0.0681. The molecule has 1 aliphatic heterocycles. The van der Waals surface area contributed by atoms with Gasteiger partial charge >= 0.3 is 6.03 Å². The number of sulfone groups is 1. The van der Waals surface area contributed by atoms with Crippen molar-refractivity contribution in [3.63, 3.8) is 0 Å². The van der Waals surface area contributed by atoms with Gasteiger partial charge in [-0.25, -0.2) is 13.2 Å². The molecule has 0 aliphatic carbocycles. The highest BCUT2D eigenvalue weighted by Crippen LogP contribution is 2.25. The lowest BCUT2D eigenvalue weighted by molar-refractivity contribution is 0.251. The number of carbonyl (C=O) groups excluding carboxylic acids is 1. The zero-order chi connectivity index (χ0) is 23.4. The Labute approximate surface area is 203 Å². The summed E-state index contributed by atoms with van der Waals surface area (Å²) in [7, 11) is -3.51. The monoisotopic (exact) mass is 503 g/mol. The van der Waals surface area contributed by atoms with Gasteiger partial charge in [-0.1, -0.05) is 53.5 Å². The van der Waals surface area contributed by atoms with Gasteiger partial charge < -0.3 is 16.0 Å². The minimum absolute atomic E-state index is 0.0681. The van der Waals surface area contributed by atoms with E-state index < -0.39 is 15.9 Å². The topological polar surface area (TPSA) is 87.3 Å². The summed E-state index contributed by atoms with van der Waals surface area (Å²) in [5, 5.41) is 9.50. The number of nitrogens with one attached hydrogen (secondary N) is 3. The molecule has 33 heavy (non-hydrogen) atoms. The van der Waals surface area contributed by atoms with Crippen LogP contribution in [0.4, 0.5) is 10.5 Å². The zero-order valence-electron chi connectivity index (χ0n) is 17.7. The highest BCUT2D eigenvalue weighted by Gasteiger charge is 2.17. The van der Waals surface area contributed by atoms with Crippen LogP contribution < -0.4 is 16.0 Å². The predicted octanol–water partition coefficient (Wildman–Crippen LogP) is 4.93. The number of carbonyl (C=O) groups is 1. The molecule has 172 valence electrons. The Hall–Kier alpha value is -2.58. The number of rotatable bonds is 6. The lowest BCUT2D eigenvalue weighted by Crippen LogP contribution is -2.28. The van der Waals surface area contributed by atoms with Gasteiger partial charge in [-0.3, -0.25) is 0 Å². The Morgan fingerprint density at radius 1 is 1.00 bits per heavy atom. The summed E-state index contributed by atoms with van der Waals surface area (Å²) in [4.78, 5) is 12.4. The Morgan fingerprint density at radius 2 is 1.79 bits per heavy atom. The molecule has 0 atom stereocenters. The third-order valence-electron chi connectivity index (χ3n) is 5.46. The Balaban J connectivity index is 1.37. The highest BCUT2D eigenvalue weighted by atomic mass is 35.5. The first-order valence-electron chi connectivity index (χ1n) is 10.4. The molecular formula is C24H23Cl2N3O3S. The number of amides is 2. The lowest BCUT2D eigenvalue weighted by atomic mass is 9.99. The van der Waals surface area contributed by atoms with Crippen LogP contribution in [0.1, 0.15) is 22.3 Å². The molecular weight excluding hydrogens is 481 g/mol. The fourth-order valence-corrected chi connectivity index (χ4v) is 5.43. The van der Waals surface area contributed by atoms with E-state index in [0.717, 1.165) is 25.1 Å². The van der Waals surface area contributed by atoms with Crippen molar-refractivity contribution in [1.29, 1.82) is 0 Å². The van der Waals surface area contributed by atoms with Crippen molar-refractivity contribution >= 4 is 44.8 Å². The molecule has 0 unspecified atom stereocenters. The molecule has 1 heterocycles. The molecule has 3 aromatic carbocycles. The van der Waals surface area contributed by atoms with Crippen LogP contribution in [0.2, 0.25) is 10.0 Å². The standard InChI is InChI=1S/C24H23Cl2N3O3S/c25-22-3-1-2-19(23(22)26)14-28-24(30)29-20-6-8-21(9-7-20)33(31,32)15-16-4-5-18-13-27-11-10-17(18)12-16/h1-9,12,27H,10-11,13-15H2,(H2,28,29,30). The van der Waals surface area contributed by atoms with Crippen molar-refractivity contribution in [2.45, 2.75) is 30.2 Å². The smallest absolute Gasteiger partial charge is 0.319 e. The second-order valence-electron chi connectivity index (χ2n) is 7.83. The van der Waals surface area contributed by atoms with Crippen LogP contribution in [-0.2, 0) is 35.1 Å². The molecule has 0 saturated carbocycles. The minimum atomic E-state index is -3.51. The van der Waals surface area contributed by atoms with E-state index in [0.29, 0.717) is 21.3 Å². The van der Waals surface area contributed by atoms with Crippen molar-refractivity contribution in [1.82, 2.24) is 10.6 Å². The third-order valence-corrected chi connectivity index (χ3v) is 8.02. The quantitative estimate of drug-likeness (QED) is 0.444. The maximum absolute atomic E-state index is 12.9. The second-order valence-corrected chi connectivity index (χ2v) is 10.6. The largest absolute Gasteiger partial charge is 0.334 e. The van der Waals surface area contributed by atoms with Crippen molar-refractivity contribution in [3.8, 4) is 0 Å². The summed E-state index contributed by atoms with van der Waals surface area (Å²) in [6.07, 6.45) is 0.898. The Bertz CT molecular complexity index is 1280. The van der Waals surface area contributed by atoms with E-state index >= 15 is 0 Å². The van der Waals surface area contributed by atoms with Crippen LogP contribution in [-0.4, -0.2) is 21.0 Å². The first-order chi connectivity index (χ1) is 15.8. The van der Waals surface area contributed by atoms with Gasteiger partial charge in [0.05, 0.1) is 20.7 Å². The molecule has 6 nitrogen and oxygen atoms in total. The molecule has 0 fully saturated rings. The van der Waals surface area contributed by atoms with Gasteiger partial charge in [0.2, 0.25) is 0 Å². The van der Waals surface area contributed by atoms with Crippen LogP contribution >= 0.6 is 23.2 Å². The maximum atomic E-state index is 12.9. The molecule has 3 N–H and O–H groups in total. The number of anilines is 1. The van der Waals surface area contributed by atoms with Crippen molar-refractivity contribution in [2.75, 3.05) is 11.9 Å². The number of fused-ring (bicyclic) bond motifs is 1. The van der Waals surface area contributed by atoms with E-state index in [9.17, 15) is 13.2 Å². The fourth-order valence-electron chi connectivity index (χ4n) is 3.70. The molecule has 4 rings (SSSR count). The first kappa shape index (κ1) is 23.6. The maximum Gasteiger partial charge on any atom is 0.319 e. The highest BCUT2D eigenvalue weighted by molar-refractivity contribution is 7.90. The number of hydrogen-bond donors (Lipinski definition) is 3. The van der Waals surface area contributed by atoms with Gasteiger partial charge in [0, 0.05) is 18.8 Å². The van der Waals surface area contributed by atoms with Crippen LogP contribution in [0.25, 0.3) is 0 Å². The average molecular weight is 504 g/mol. The minimum Gasteiger partial charge on any atom is -0.334 e. The average Bonchev–Trinajstić information content (AvgIpc) is 2.80. The second kappa shape index (κ2) is 10.1. The molecule has 2 amide bonds. The van der Waals surface area contributed by atoms with Gasteiger partial charge in [-0.15, -0.1) is 0 Å². The molecule has 0 spiro atoms. The molecule has 0 bridgehead atoms. The van der Waals surface area contributed by atoms with E-state index in [2.05, 4.69) is 16.0 Å². The summed E-state index contributed by atoms with van der Waals surface area (Å²) in [5.41, 5.74) is 4.36. The SMILES string of the molecule is O=C(NCc1cccc(Cl)c1Cl)Nc1ccc(S(=O)(=O)Cc2ccc3c(c2)CCNC3)cc1. The molecule has 9 heteroatoms. The predicted molar refractivity (Wildman–Crippen MR) is 132 cm³/mol. The van der Waals surface area contributed by atoms with E-state index in [1.165, 1.54) is 23.3 Å². The number of halogens is 2. The van der Waals surface area contributed by atoms with E-state index in [-0.39, 0.29) is 17.2 Å². The van der Waals surface area contributed by atoms with Gasteiger partial charge in [-0.05, 0) is 65.6 Å². The van der Waals surface area contributed by atoms with E-state index in [1.807, 2.05) is 18.2 Å². The Morgan fingerprint density at radius 3 is 2.58 bits per heavy atom. The first-order valence-corrected chi connectivity index (χ1v) is 12.8. The number of hydrogen-bond acceptors (Lipinski definition) is 4. The van der Waals surface area contributed by atoms with Gasteiger partial charge in [0.15, 0.2) is 9.84 Å². The van der Waals surface area contributed by atoms with E-state index in [4.69, 9.17) is 23.2 Å².